The van der Waals surface area contributed by atoms with E-state index in [1.807, 2.05) is 6.07 Å². The van der Waals surface area contributed by atoms with Gasteiger partial charge in [-0.2, -0.15) is 5.26 Å². The van der Waals surface area contributed by atoms with Crippen LogP contribution in [0.4, 0.5) is 10.5 Å². The predicted molar refractivity (Wildman–Crippen MR) is 90.8 cm³/mol. The van der Waals surface area contributed by atoms with Gasteiger partial charge in [0.15, 0.2) is 5.54 Å². The summed E-state index contributed by atoms with van der Waals surface area (Å²) < 4.78 is 5.47. The highest BCUT2D eigenvalue weighted by Gasteiger charge is 2.51. The molecule has 2 N–H and O–H groups in total. The van der Waals surface area contributed by atoms with E-state index >= 15 is 0 Å². The number of nitrogens with zero attached hydrogens (tertiary/aromatic N) is 2. The molecule has 0 aliphatic carbocycles. The van der Waals surface area contributed by atoms with Crippen molar-refractivity contribution in [3.63, 3.8) is 0 Å². The Bertz CT molecular complexity index is 943. The van der Waals surface area contributed by atoms with Crippen LogP contribution in [-0.2, 0) is 15.1 Å². The Morgan fingerprint density at radius 3 is 2.77 bits per heavy atom. The molecule has 132 valence electrons. The van der Waals surface area contributed by atoms with Crippen LogP contribution in [0, 0.1) is 18.3 Å². The minimum atomic E-state index is -1.35. The molecule has 8 nitrogen and oxygen atoms in total. The summed E-state index contributed by atoms with van der Waals surface area (Å²) in [5.74, 6) is -0.212. The third-order valence-electron chi connectivity index (χ3n) is 4.09. The van der Waals surface area contributed by atoms with E-state index in [9.17, 15) is 14.4 Å². The summed E-state index contributed by atoms with van der Waals surface area (Å²) >= 11 is 0. The smallest absolute Gasteiger partial charge is 0.325 e. The zero-order valence-electron chi connectivity index (χ0n) is 14.2. The fourth-order valence-electron chi connectivity index (χ4n) is 2.72. The maximum atomic E-state index is 12.7. The molecule has 0 spiro atoms. The van der Waals surface area contributed by atoms with Gasteiger partial charge in [-0.15, -0.1) is 0 Å². The number of nitrogens with one attached hydrogen (secondary N) is 2. The number of nitriles is 1. The van der Waals surface area contributed by atoms with Crippen LogP contribution in [0.1, 0.15) is 24.0 Å². The molecular formula is C18H16N4O4. The van der Waals surface area contributed by atoms with Crippen LogP contribution in [0.3, 0.4) is 0 Å². The van der Waals surface area contributed by atoms with Gasteiger partial charge in [0.25, 0.3) is 5.91 Å². The van der Waals surface area contributed by atoms with Gasteiger partial charge < -0.3 is 15.1 Å². The fourth-order valence-corrected chi connectivity index (χ4v) is 2.72. The van der Waals surface area contributed by atoms with Gasteiger partial charge in [0.2, 0.25) is 5.91 Å². The zero-order valence-corrected chi connectivity index (χ0v) is 14.2. The summed E-state index contributed by atoms with van der Waals surface area (Å²) in [6, 6.07) is 10.9. The number of furan rings is 1. The first-order valence-corrected chi connectivity index (χ1v) is 7.84. The Morgan fingerprint density at radius 2 is 2.12 bits per heavy atom. The van der Waals surface area contributed by atoms with Gasteiger partial charge in [-0.25, -0.2) is 4.79 Å². The molecule has 0 unspecified atom stereocenters. The number of aryl methyl sites for hydroxylation is 1. The van der Waals surface area contributed by atoms with Gasteiger partial charge in [0.1, 0.15) is 18.1 Å². The molecule has 26 heavy (non-hydrogen) atoms. The van der Waals surface area contributed by atoms with Gasteiger partial charge in [-0.1, -0.05) is 6.07 Å². The highest BCUT2D eigenvalue weighted by atomic mass is 16.3. The zero-order chi connectivity index (χ0) is 18.9. The average Bonchev–Trinajstić information content (AvgIpc) is 3.13. The van der Waals surface area contributed by atoms with Crippen molar-refractivity contribution in [3.8, 4) is 6.07 Å². The Kier molecular flexibility index (Phi) is 4.22. The van der Waals surface area contributed by atoms with Crippen LogP contribution < -0.4 is 10.6 Å². The number of amides is 4. The van der Waals surface area contributed by atoms with Gasteiger partial charge in [-0.3, -0.25) is 14.5 Å². The third-order valence-corrected chi connectivity index (χ3v) is 4.09. The first kappa shape index (κ1) is 17.2. The van der Waals surface area contributed by atoms with Crippen molar-refractivity contribution in [1.29, 1.82) is 5.26 Å². The SMILES string of the molecule is Cc1ccc([C@@]2(C)NC(=O)N(CC(=O)Nc3cccc(C#N)c3)C2=O)o1. The van der Waals surface area contributed by atoms with Crippen LogP contribution in [0.15, 0.2) is 40.8 Å². The molecule has 4 amide bonds. The van der Waals surface area contributed by atoms with Gasteiger partial charge in [0, 0.05) is 5.69 Å². The molecule has 0 saturated carbocycles. The second-order valence-corrected chi connectivity index (χ2v) is 6.10. The van der Waals surface area contributed by atoms with E-state index in [-0.39, 0.29) is 0 Å². The number of rotatable bonds is 4. The summed E-state index contributed by atoms with van der Waals surface area (Å²) in [5, 5.41) is 14.0. The van der Waals surface area contributed by atoms with Crippen molar-refractivity contribution in [2.24, 2.45) is 0 Å². The highest BCUT2D eigenvalue weighted by Crippen LogP contribution is 2.30. The van der Waals surface area contributed by atoms with E-state index in [0.717, 1.165) is 4.90 Å². The molecule has 0 bridgehead atoms. The molecule has 2 heterocycles. The van der Waals surface area contributed by atoms with E-state index in [2.05, 4.69) is 10.6 Å². The van der Waals surface area contributed by atoms with Crippen LogP contribution in [0.2, 0.25) is 0 Å². The van der Waals surface area contributed by atoms with Crippen molar-refractivity contribution in [3.05, 3.63) is 53.5 Å². The summed E-state index contributed by atoms with van der Waals surface area (Å²) in [4.78, 5) is 37.9. The van der Waals surface area contributed by atoms with Crippen LogP contribution in [0.5, 0.6) is 0 Å². The monoisotopic (exact) mass is 352 g/mol. The molecule has 1 aliphatic rings. The van der Waals surface area contributed by atoms with Crippen molar-refractivity contribution in [1.82, 2.24) is 10.2 Å². The van der Waals surface area contributed by atoms with Gasteiger partial charge in [-0.05, 0) is 44.2 Å². The number of benzene rings is 1. The first-order chi connectivity index (χ1) is 12.3. The van der Waals surface area contributed by atoms with Crippen LogP contribution in [-0.4, -0.2) is 29.3 Å². The van der Waals surface area contributed by atoms with Crippen molar-refractivity contribution in [2.75, 3.05) is 11.9 Å². The van der Waals surface area contributed by atoms with E-state index in [1.54, 1.807) is 37.3 Å². The number of carbonyl (C=O) groups excluding carboxylic acids is 3. The molecule has 3 rings (SSSR count). The number of urea groups is 1. The number of imide groups is 1. The second-order valence-electron chi connectivity index (χ2n) is 6.10. The summed E-state index contributed by atoms with van der Waals surface area (Å²) in [5.41, 5.74) is -0.559. The lowest BCUT2D eigenvalue weighted by Gasteiger charge is -2.19. The molecule has 2 aromatic rings. The largest absolute Gasteiger partial charge is 0.463 e. The molecule has 1 fully saturated rings. The topological polar surface area (TPSA) is 115 Å². The average molecular weight is 352 g/mol. The van der Waals surface area contributed by atoms with E-state index in [4.69, 9.17) is 9.68 Å². The number of hydrogen-bond donors (Lipinski definition) is 2. The predicted octanol–water partition coefficient (Wildman–Crippen LogP) is 1.87. The molecule has 8 heteroatoms. The first-order valence-electron chi connectivity index (χ1n) is 7.84. The van der Waals surface area contributed by atoms with Crippen molar-refractivity contribution >= 4 is 23.5 Å². The lowest BCUT2D eigenvalue weighted by Crippen LogP contribution is -2.41. The van der Waals surface area contributed by atoms with Crippen LogP contribution in [0.25, 0.3) is 0 Å². The van der Waals surface area contributed by atoms with Crippen molar-refractivity contribution in [2.45, 2.75) is 19.4 Å². The number of carbonyl (C=O) groups is 3. The van der Waals surface area contributed by atoms with E-state index < -0.39 is 29.9 Å². The normalized spacial score (nSPS) is 19.2. The van der Waals surface area contributed by atoms with Crippen molar-refractivity contribution < 1.29 is 18.8 Å². The maximum Gasteiger partial charge on any atom is 0.325 e. The third kappa shape index (κ3) is 3.02. The van der Waals surface area contributed by atoms with Crippen LogP contribution >= 0.6 is 0 Å². The number of hydrogen-bond acceptors (Lipinski definition) is 5. The van der Waals surface area contributed by atoms with E-state index in [1.165, 1.54) is 13.0 Å². The lowest BCUT2D eigenvalue weighted by atomic mass is 9.99. The standard InChI is InChI=1S/C18H16N4O4/c1-11-6-7-14(26-11)18(2)16(24)22(17(25)21-18)10-15(23)20-13-5-3-4-12(8-13)9-19/h3-8H,10H2,1-2H3,(H,20,23)(H,21,25)/t18-/m1/s1. The minimum absolute atomic E-state index is 0.304. The molecule has 0 radical (unpaired) electrons. The molecular weight excluding hydrogens is 336 g/mol. The lowest BCUT2D eigenvalue weighted by molar-refractivity contribution is -0.134. The Balaban J connectivity index is 1.73. The second kappa shape index (κ2) is 6.37. The van der Waals surface area contributed by atoms with Gasteiger partial charge in [0.05, 0.1) is 11.6 Å². The molecule has 1 saturated heterocycles. The summed E-state index contributed by atoms with van der Waals surface area (Å²) in [6.45, 7) is 2.81. The molecule has 1 aromatic heterocycles. The number of anilines is 1. The maximum absolute atomic E-state index is 12.7. The van der Waals surface area contributed by atoms with Gasteiger partial charge >= 0.3 is 6.03 Å². The Morgan fingerprint density at radius 1 is 1.35 bits per heavy atom. The van der Waals surface area contributed by atoms with E-state index in [0.29, 0.717) is 22.8 Å². The Labute approximate surface area is 149 Å². The minimum Gasteiger partial charge on any atom is -0.463 e. The quantitative estimate of drug-likeness (QED) is 0.815. The molecule has 1 aliphatic heterocycles. The fraction of sp³-hybridized carbons (Fsp3) is 0.222. The summed E-state index contributed by atoms with van der Waals surface area (Å²) in [6.07, 6.45) is 0. The Hall–Kier alpha value is -3.60. The highest BCUT2D eigenvalue weighted by molar-refractivity contribution is 6.10. The molecule has 1 atom stereocenters. The molecule has 1 aromatic carbocycles. The summed E-state index contributed by atoms with van der Waals surface area (Å²) in [7, 11) is 0.